The van der Waals surface area contributed by atoms with Crippen LogP contribution in [0.1, 0.15) is 30.8 Å². The summed E-state index contributed by atoms with van der Waals surface area (Å²) in [5, 5.41) is 0.605. The molecule has 0 saturated heterocycles. The number of benzene rings is 1. The van der Waals surface area contributed by atoms with Crippen LogP contribution >= 0.6 is 11.8 Å². The Kier molecular flexibility index (Phi) is 4.25. The lowest BCUT2D eigenvalue weighted by molar-refractivity contribution is 1.06. The van der Waals surface area contributed by atoms with E-state index in [2.05, 4.69) is 48.9 Å². The van der Waals surface area contributed by atoms with E-state index < -0.39 is 0 Å². The molecule has 2 rings (SSSR count). The molecule has 0 bridgehead atoms. The van der Waals surface area contributed by atoms with Crippen molar-refractivity contribution < 1.29 is 0 Å². The highest BCUT2D eigenvalue weighted by molar-refractivity contribution is 7.99. The van der Waals surface area contributed by atoms with Crippen LogP contribution in [-0.4, -0.2) is 15.2 Å². The van der Waals surface area contributed by atoms with E-state index >= 15 is 0 Å². The molecule has 0 aliphatic rings. The summed E-state index contributed by atoms with van der Waals surface area (Å²) < 4.78 is 0. The molecular weight excluding hydrogens is 252 g/mol. The van der Waals surface area contributed by atoms with Crippen LogP contribution < -0.4 is 0 Å². The second-order valence-electron chi connectivity index (χ2n) is 5.06. The number of rotatable bonds is 3. The highest BCUT2D eigenvalue weighted by atomic mass is 32.2. The zero-order valence-corrected chi connectivity index (χ0v) is 13.0. The van der Waals surface area contributed by atoms with Crippen molar-refractivity contribution in [3.63, 3.8) is 0 Å². The summed E-state index contributed by atoms with van der Waals surface area (Å²) in [6.07, 6.45) is 1.63. The van der Waals surface area contributed by atoms with Crippen molar-refractivity contribution in [1.29, 1.82) is 0 Å². The number of thioether (sulfide) groups is 1. The molecule has 0 aliphatic carbocycles. The highest BCUT2D eigenvalue weighted by Gasteiger charge is 2.11. The van der Waals surface area contributed by atoms with Crippen LogP contribution in [0.4, 0.5) is 0 Å². The number of nitrogens with zero attached hydrogens (tertiary/aromatic N) is 2. The molecule has 2 aromatic rings. The molecule has 0 fully saturated rings. The van der Waals surface area contributed by atoms with Gasteiger partial charge in [0.15, 0.2) is 0 Å². The third-order valence-corrected chi connectivity index (χ3v) is 4.06. The van der Waals surface area contributed by atoms with E-state index in [0.29, 0.717) is 5.25 Å². The van der Waals surface area contributed by atoms with Gasteiger partial charge in [-0.2, -0.15) is 0 Å². The minimum atomic E-state index is 0.605. The maximum atomic E-state index is 4.31. The van der Waals surface area contributed by atoms with Crippen LogP contribution in [0.2, 0.25) is 0 Å². The van der Waals surface area contributed by atoms with Crippen LogP contribution in [0.25, 0.3) is 11.1 Å². The third kappa shape index (κ3) is 3.16. The van der Waals surface area contributed by atoms with E-state index in [1.807, 2.05) is 25.6 Å². The van der Waals surface area contributed by atoms with Gasteiger partial charge in [-0.05, 0) is 44.0 Å². The Morgan fingerprint density at radius 1 is 1.00 bits per heavy atom. The van der Waals surface area contributed by atoms with Gasteiger partial charge in [-0.1, -0.05) is 19.9 Å². The van der Waals surface area contributed by atoms with Gasteiger partial charge in [0.2, 0.25) is 0 Å². The van der Waals surface area contributed by atoms with Crippen LogP contribution in [-0.2, 0) is 0 Å². The molecule has 0 spiro atoms. The van der Waals surface area contributed by atoms with Crippen LogP contribution in [0.3, 0.4) is 0 Å². The van der Waals surface area contributed by atoms with Gasteiger partial charge >= 0.3 is 0 Å². The summed E-state index contributed by atoms with van der Waals surface area (Å²) in [4.78, 5) is 9.95. The largest absolute Gasteiger partial charge is 0.241 e. The third-order valence-electron chi connectivity index (χ3n) is 3.07. The van der Waals surface area contributed by atoms with Crippen molar-refractivity contribution >= 4 is 11.8 Å². The van der Waals surface area contributed by atoms with Gasteiger partial charge in [0.25, 0.3) is 0 Å². The van der Waals surface area contributed by atoms with Gasteiger partial charge in [0, 0.05) is 27.1 Å². The quantitative estimate of drug-likeness (QED) is 0.765. The fourth-order valence-corrected chi connectivity index (χ4v) is 3.18. The van der Waals surface area contributed by atoms with Gasteiger partial charge in [-0.15, -0.1) is 11.8 Å². The monoisotopic (exact) mass is 272 g/mol. The van der Waals surface area contributed by atoms with Crippen LogP contribution in [0.15, 0.2) is 29.4 Å². The molecule has 1 heterocycles. The molecule has 2 nitrogen and oxygen atoms in total. The van der Waals surface area contributed by atoms with Crippen LogP contribution in [0.5, 0.6) is 0 Å². The predicted octanol–water partition coefficient (Wildman–Crippen LogP) is 4.57. The Morgan fingerprint density at radius 2 is 1.63 bits per heavy atom. The molecular formula is C16H20N2S. The smallest absolute Gasteiger partial charge is 0.115 e. The van der Waals surface area contributed by atoms with Crippen molar-refractivity contribution in [1.82, 2.24) is 9.97 Å². The maximum absolute atomic E-state index is 4.31. The molecule has 0 unspecified atom stereocenters. The summed E-state index contributed by atoms with van der Waals surface area (Å²) >= 11 is 1.89. The SMILES string of the molecule is Cc1cc(SC(C)C)ccc1-c1c(C)ncnc1C. The first-order valence-corrected chi connectivity index (χ1v) is 7.43. The van der Waals surface area contributed by atoms with Gasteiger partial charge < -0.3 is 0 Å². The van der Waals surface area contributed by atoms with Crippen molar-refractivity contribution in [2.75, 3.05) is 0 Å². The van der Waals surface area contributed by atoms with E-state index in [1.165, 1.54) is 21.6 Å². The van der Waals surface area contributed by atoms with Crippen LogP contribution in [0, 0.1) is 20.8 Å². The van der Waals surface area contributed by atoms with Gasteiger partial charge in [-0.3, -0.25) is 0 Å². The zero-order chi connectivity index (χ0) is 14.0. The Hall–Kier alpha value is -1.35. The summed E-state index contributed by atoms with van der Waals surface area (Å²) in [7, 11) is 0. The standard InChI is InChI=1S/C16H20N2S/c1-10(2)19-14-6-7-15(11(3)8-14)16-12(4)17-9-18-13(16)5/h6-10H,1-5H3. The second kappa shape index (κ2) is 5.74. The normalized spacial score (nSPS) is 11.1. The topological polar surface area (TPSA) is 25.8 Å². The summed E-state index contributed by atoms with van der Waals surface area (Å²) in [5.74, 6) is 0. The zero-order valence-electron chi connectivity index (χ0n) is 12.2. The first-order chi connectivity index (χ1) is 8.99. The lowest BCUT2D eigenvalue weighted by atomic mass is 9.98. The van der Waals surface area contributed by atoms with Crippen molar-refractivity contribution in [2.24, 2.45) is 0 Å². The molecule has 0 radical (unpaired) electrons. The Bertz CT molecular complexity index is 571. The van der Waals surface area contributed by atoms with Gasteiger partial charge in [-0.25, -0.2) is 9.97 Å². The first-order valence-electron chi connectivity index (χ1n) is 6.55. The Labute approximate surface area is 119 Å². The van der Waals surface area contributed by atoms with E-state index in [9.17, 15) is 0 Å². The predicted molar refractivity (Wildman–Crippen MR) is 82.7 cm³/mol. The van der Waals surface area contributed by atoms with Crippen molar-refractivity contribution in [3.05, 3.63) is 41.5 Å². The summed E-state index contributed by atoms with van der Waals surface area (Å²) in [5.41, 5.74) is 5.77. The Morgan fingerprint density at radius 3 is 2.16 bits per heavy atom. The number of aromatic nitrogens is 2. The number of hydrogen-bond acceptors (Lipinski definition) is 3. The molecule has 1 aromatic heterocycles. The van der Waals surface area contributed by atoms with E-state index in [1.54, 1.807) is 6.33 Å². The van der Waals surface area contributed by atoms with E-state index in [0.717, 1.165) is 11.4 Å². The fraction of sp³-hybridized carbons (Fsp3) is 0.375. The molecule has 0 saturated carbocycles. The number of hydrogen-bond donors (Lipinski definition) is 0. The average Bonchev–Trinajstić information content (AvgIpc) is 2.30. The van der Waals surface area contributed by atoms with E-state index in [-0.39, 0.29) is 0 Å². The van der Waals surface area contributed by atoms with Gasteiger partial charge in [0.05, 0.1) is 0 Å². The second-order valence-corrected chi connectivity index (χ2v) is 6.71. The maximum Gasteiger partial charge on any atom is 0.115 e. The minimum absolute atomic E-state index is 0.605. The lowest BCUT2D eigenvalue weighted by Gasteiger charge is -2.13. The molecule has 100 valence electrons. The number of aryl methyl sites for hydroxylation is 3. The highest BCUT2D eigenvalue weighted by Crippen LogP contribution is 2.31. The fourth-order valence-electron chi connectivity index (χ4n) is 2.24. The molecule has 19 heavy (non-hydrogen) atoms. The first kappa shape index (κ1) is 14.1. The molecule has 0 N–H and O–H groups in total. The molecule has 0 aliphatic heterocycles. The van der Waals surface area contributed by atoms with Crippen molar-refractivity contribution in [3.8, 4) is 11.1 Å². The average molecular weight is 272 g/mol. The molecule has 3 heteroatoms. The summed E-state index contributed by atoms with van der Waals surface area (Å²) in [6.45, 7) is 10.7. The van der Waals surface area contributed by atoms with Crippen molar-refractivity contribution in [2.45, 2.75) is 44.8 Å². The molecule has 0 atom stereocenters. The Balaban J connectivity index is 2.47. The van der Waals surface area contributed by atoms with E-state index in [4.69, 9.17) is 0 Å². The molecule has 0 amide bonds. The van der Waals surface area contributed by atoms with Gasteiger partial charge in [0.1, 0.15) is 6.33 Å². The lowest BCUT2D eigenvalue weighted by Crippen LogP contribution is -1.96. The minimum Gasteiger partial charge on any atom is -0.241 e. The molecule has 1 aromatic carbocycles. The summed E-state index contributed by atoms with van der Waals surface area (Å²) in [6, 6.07) is 6.64.